The number of ether oxygens (including phenoxy) is 1. The molecule has 1 heterocycles. The molecule has 4 fully saturated rings. The third-order valence-electron chi connectivity index (χ3n) is 14.8. The number of fused-ring (bicyclic) bond motifs is 1. The highest BCUT2D eigenvalue weighted by Gasteiger charge is 2.57. The van der Waals surface area contributed by atoms with Crippen LogP contribution >= 0.6 is 0 Å². The molecule has 5 aliphatic rings. The maximum Gasteiger partial charge on any atom is 0.193 e. The minimum Gasteiger partial charge on any atom is -0.473 e. The predicted octanol–water partition coefficient (Wildman–Crippen LogP) is 11.7. The van der Waals surface area contributed by atoms with Crippen LogP contribution in [0.4, 0.5) is 0 Å². The van der Waals surface area contributed by atoms with Crippen LogP contribution in [0.5, 0.6) is 0 Å². The van der Waals surface area contributed by atoms with E-state index >= 15 is 0 Å². The second kappa shape index (κ2) is 14.1. The maximum absolute atomic E-state index is 11.4. The lowest BCUT2D eigenvalue weighted by molar-refractivity contribution is 0.0957. The molecule has 7 atom stereocenters. The van der Waals surface area contributed by atoms with E-state index in [1.54, 1.807) is 5.57 Å². The van der Waals surface area contributed by atoms with Gasteiger partial charge in [-0.3, -0.25) is 4.99 Å². The molecule has 5 rings (SSSR count). The van der Waals surface area contributed by atoms with Gasteiger partial charge in [0.1, 0.15) is 5.60 Å². The summed E-state index contributed by atoms with van der Waals surface area (Å²) < 4.78 is 20.4. The van der Waals surface area contributed by atoms with Gasteiger partial charge >= 0.3 is 0 Å². The number of aliphatic hydroxyl groups excluding tert-OH is 1. The molecule has 0 radical (unpaired) electrons. The summed E-state index contributed by atoms with van der Waals surface area (Å²) in [5, 5.41) is 11.7. The number of aliphatic imine (C=N–C) groups is 1. The highest BCUT2D eigenvalue weighted by Crippen LogP contribution is 2.60. The molecule has 5 nitrogen and oxygen atoms in total. The molecule has 0 aromatic rings. The molecule has 0 bridgehead atoms. The summed E-state index contributed by atoms with van der Waals surface area (Å²) in [6.45, 7) is 38.0. The molecule has 0 aromatic carbocycles. The van der Waals surface area contributed by atoms with Gasteiger partial charge in [-0.15, -0.1) is 0 Å². The minimum absolute atomic E-state index is 0.00287. The molecule has 0 amide bonds. The molecule has 1 N–H and O–H groups in total. The summed E-state index contributed by atoms with van der Waals surface area (Å²) in [6, 6.07) is 0. The second-order valence-electron chi connectivity index (χ2n) is 21.2. The van der Waals surface area contributed by atoms with Crippen molar-refractivity contribution in [1.82, 2.24) is 0 Å². The summed E-state index contributed by atoms with van der Waals surface area (Å²) in [5.41, 5.74) is 3.80. The summed E-state index contributed by atoms with van der Waals surface area (Å²) in [4.78, 5) is 4.71. The van der Waals surface area contributed by atoms with E-state index in [1.807, 2.05) is 0 Å². The highest BCUT2D eigenvalue weighted by atomic mass is 28.4. The van der Waals surface area contributed by atoms with Crippen LogP contribution in [0.3, 0.4) is 0 Å². The number of nitrogens with zero attached hydrogens (tertiary/aromatic N) is 1. The molecular formula is C44H75NO4Si2. The van der Waals surface area contributed by atoms with E-state index < -0.39 is 22.7 Å². The van der Waals surface area contributed by atoms with Gasteiger partial charge in [-0.25, -0.2) is 0 Å². The van der Waals surface area contributed by atoms with Crippen LogP contribution in [-0.2, 0) is 13.6 Å². The summed E-state index contributed by atoms with van der Waals surface area (Å²) >= 11 is 0. The van der Waals surface area contributed by atoms with Gasteiger partial charge in [0, 0.05) is 6.42 Å². The van der Waals surface area contributed by atoms with Crippen molar-refractivity contribution in [3.05, 3.63) is 47.6 Å². The predicted molar refractivity (Wildman–Crippen MR) is 220 cm³/mol. The largest absolute Gasteiger partial charge is 0.473 e. The van der Waals surface area contributed by atoms with Crippen molar-refractivity contribution in [1.29, 1.82) is 0 Å². The van der Waals surface area contributed by atoms with E-state index in [2.05, 4.69) is 120 Å². The molecule has 0 unspecified atom stereocenters. The zero-order valence-corrected chi connectivity index (χ0v) is 37.2. The monoisotopic (exact) mass is 738 g/mol. The van der Waals surface area contributed by atoms with Crippen LogP contribution in [0, 0.1) is 28.6 Å². The van der Waals surface area contributed by atoms with E-state index in [9.17, 15) is 5.11 Å². The van der Waals surface area contributed by atoms with Crippen LogP contribution in [0.25, 0.3) is 0 Å². The molecule has 4 aliphatic carbocycles. The Morgan fingerprint density at radius 2 is 1.55 bits per heavy atom. The average Bonchev–Trinajstić information content (AvgIpc) is 3.61. The third-order valence-corrected chi connectivity index (χ3v) is 23.8. The van der Waals surface area contributed by atoms with Crippen molar-refractivity contribution < 1.29 is 18.7 Å². The fourth-order valence-electron chi connectivity index (χ4n) is 9.13. The minimum atomic E-state index is -2.00. The fraction of sp³-hybridized carbons (Fsp3) is 0.795. The van der Waals surface area contributed by atoms with Crippen LogP contribution in [0.2, 0.25) is 36.3 Å². The van der Waals surface area contributed by atoms with Gasteiger partial charge in [-0.05, 0) is 136 Å². The van der Waals surface area contributed by atoms with Gasteiger partial charge in [0.2, 0.25) is 0 Å². The lowest BCUT2D eigenvalue weighted by Crippen LogP contribution is -2.49. The van der Waals surface area contributed by atoms with Crippen LogP contribution in [0.1, 0.15) is 127 Å². The molecule has 0 saturated heterocycles. The standard InChI is InChI=1S/C44H75NO4Si2/c1-30(18-23-38(46)44(25-26-44)39-45-29-42(9,10)47-39)35-21-22-36-32(17-16-24-43(35,36)11)19-20-33-27-34(48-50(12,13)40(3,4)5)28-37(31(33)2)49-51(14,15)41(6,7)8/h18-20,23,30,34-38,46H,2,16-17,21-22,24-29H2,1,3-15H3/t30-,34-,35-,36+,37+,38+,43-/m1/s1. The Labute approximate surface area is 315 Å². The Morgan fingerprint density at radius 1 is 0.922 bits per heavy atom. The van der Waals surface area contributed by atoms with Gasteiger partial charge < -0.3 is 18.7 Å². The van der Waals surface area contributed by atoms with E-state index in [4.69, 9.17) is 25.2 Å². The van der Waals surface area contributed by atoms with E-state index in [1.165, 1.54) is 37.7 Å². The van der Waals surface area contributed by atoms with Crippen molar-refractivity contribution in [2.75, 3.05) is 6.54 Å². The van der Waals surface area contributed by atoms with Gasteiger partial charge in [0.05, 0.1) is 30.3 Å². The summed E-state index contributed by atoms with van der Waals surface area (Å²) in [7, 11) is -3.96. The first-order valence-corrected chi connectivity index (χ1v) is 26.2. The SMILES string of the molecule is C=C1C(=CC=C2CCC[C@]3(C)[C@@H]([C@H](C)C=C[C@H](O)C4(C5=NCC(C)(C)O5)CC4)CC[C@@H]23)C[C@@H](O[Si](C)(C)C(C)(C)C)C[C@@H]1O[Si](C)(C)C(C)(C)C. The maximum atomic E-state index is 11.4. The Bertz CT molecular complexity index is 1440. The molecule has 51 heavy (non-hydrogen) atoms. The second-order valence-corrected chi connectivity index (χ2v) is 30.7. The molecule has 0 aromatic heterocycles. The zero-order valence-electron chi connectivity index (χ0n) is 35.2. The number of hydrogen-bond acceptors (Lipinski definition) is 5. The van der Waals surface area contributed by atoms with E-state index in [0.717, 1.165) is 37.2 Å². The Balaban J connectivity index is 1.33. The molecular weight excluding hydrogens is 663 g/mol. The quantitative estimate of drug-likeness (QED) is 0.179. The van der Waals surface area contributed by atoms with Crippen molar-refractivity contribution >= 4 is 22.5 Å². The Morgan fingerprint density at radius 3 is 2.12 bits per heavy atom. The normalized spacial score (nSPS) is 34.1. The molecule has 0 spiro atoms. The number of allylic oxidation sites excluding steroid dienone is 4. The third kappa shape index (κ3) is 8.38. The zero-order chi connectivity index (χ0) is 38.0. The number of hydrogen-bond donors (Lipinski definition) is 1. The van der Waals surface area contributed by atoms with Crippen LogP contribution in [-0.4, -0.2) is 58.1 Å². The first-order valence-electron chi connectivity index (χ1n) is 20.4. The van der Waals surface area contributed by atoms with Gasteiger partial charge in [-0.2, -0.15) is 0 Å². The Hall–Kier alpha value is -1.26. The average molecular weight is 738 g/mol. The van der Waals surface area contributed by atoms with Crippen LogP contribution < -0.4 is 0 Å². The first-order chi connectivity index (χ1) is 23.3. The lowest BCUT2D eigenvalue weighted by atomic mass is 9.61. The molecule has 4 saturated carbocycles. The number of aliphatic hydroxyl groups is 1. The van der Waals surface area contributed by atoms with E-state index in [-0.39, 0.29) is 38.7 Å². The Kier molecular flexibility index (Phi) is 11.3. The molecule has 7 heteroatoms. The van der Waals surface area contributed by atoms with E-state index in [0.29, 0.717) is 24.3 Å². The summed E-state index contributed by atoms with van der Waals surface area (Å²) in [6.07, 6.45) is 18.8. The van der Waals surface area contributed by atoms with Crippen molar-refractivity contribution in [2.45, 2.75) is 187 Å². The fourth-order valence-corrected chi connectivity index (χ4v) is 11.8. The topological polar surface area (TPSA) is 60.3 Å². The van der Waals surface area contributed by atoms with Gasteiger partial charge in [0.25, 0.3) is 0 Å². The van der Waals surface area contributed by atoms with Crippen molar-refractivity contribution in [3.63, 3.8) is 0 Å². The van der Waals surface area contributed by atoms with Gasteiger partial charge in [-0.1, -0.05) is 91.8 Å². The number of rotatable bonds is 10. The highest BCUT2D eigenvalue weighted by molar-refractivity contribution is 6.74. The smallest absolute Gasteiger partial charge is 0.193 e. The lowest BCUT2D eigenvalue weighted by Gasteiger charge is -2.45. The van der Waals surface area contributed by atoms with Crippen LogP contribution in [0.15, 0.2) is 52.6 Å². The first kappa shape index (κ1) is 40.9. The molecule has 288 valence electrons. The van der Waals surface area contributed by atoms with Gasteiger partial charge in [0.15, 0.2) is 22.5 Å². The summed E-state index contributed by atoms with van der Waals surface area (Å²) in [5.74, 6) is 2.39. The van der Waals surface area contributed by atoms with Crippen molar-refractivity contribution in [3.8, 4) is 0 Å². The molecule has 1 aliphatic heterocycles. The van der Waals surface area contributed by atoms with Crippen molar-refractivity contribution in [2.24, 2.45) is 33.6 Å².